The second-order valence-electron chi connectivity index (χ2n) is 7.16. The number of hydrogen-bond acceptors (Lipinski definition) is 6. The van der Waals surface area contributed by atoms with Crippen LogP contribution in [0, 0.1) is 0 Å². The number of rotatable bonds is 6. The van der Waals surface area contributed by atoms with E-state index in [-0.39, 0.29) is 12.7 Å². The Labute approximate surface area is 186 Å². The van der Waals surface area contributed by atoms with Crippen molar-refractivity contribution in [1.82, 2.24) is 20.4 Å². The third kappa shape index (κ3) is 5.68. The first-order valence-electron chi connectivity index (χ1n) is 10.3. The zero-order valence-corrected chi connectivity index (χ0v) is 18.4. The Morgan fingerprint density at radius 1 is 1.06 bits per heavy atom. The molecule has 0 aliphatic carbocycles. The van der Waals surface area contributed by atoms with E-state index >= 15 is 0 Å². The Morgan fingerprint density at radius 2 is 1.71 bits per heavy atom. The van der Waals surface area contributed by atoms with Gasteiger partial charge in [0.05, 0.1) is 24.8 Å². The summed E-state index contributed by atoms with van der Waals surface area (Å²) >= 11 is 5.99. The van der Waals surface area contributed by atoms with Crippen LogP contribution >= 0.6 is 11.6 Å². The van der Waals surface area contributed by atoms with Crippen molar-refractivity contribution in [3.63, 3.8) is 0 Å². The molecule has 1 fully saturated rings. The van der Waals surface area contributed by atoms with Crippen LogP contribution in [0.4, 0.5) is 9.59 Å². The molecular formula is C21H27ClN4O5. The van der Waals surface area contributed by atoms with Crippen LogP contribution in [0.5, 0.6) is 0 Å². The Kier molecular flexibility index (Phi) is 7.75. The van der Waals surface area contributed by atoms with Gasteiger partial charge in [-0.25, -0.2) is 14.4 Å². The van der Waals surface area contributed by atoms with Gasteiger partial charge in [0.2, 0.25) is 0 Å². The van der Waals surface area contributed by atoms with Gasteiger partial charge in [-0.2, -0.15) is 0 Å². The maximum absolute atomic E-state index is 12.8. The number of carbonyl (C=O) groups excluding carboxylic acids is 3. The Hall–Kier alpha value is -2.78. The zero-order valence-electron chi connectivity index (χ0n) is 17.7. The minimum atomic E-state index is -0.652. The topological polar surface area (TPSA) is 100 Å². The lowest BCUT2D eigenvalue weighted by molar-refractivity contribution is -0.139. The Balaban J connectivity index is 1.82. The quantitative estimate of drug-likeness (QED) is 0.645. The molecule has 1 saturated heterocycles. The molecule has 3 amide bonds. The van der Waals surface area contributed by atoms with Crippen molar-refractivity contribution in [2.45, 2.75) is 19.9 Å². The van der Waals surface area contributed by atoms with Crippen molar-refractivity contribution >= 4 is 29.7 Å². The van der Waals surface area contributed by atoms with Crippen LogP contribution < -0.4 is 10.6 Å². The SMILES string of the molecule is CCOC(=O)C1=C(CN2CCN(C(=O)OCC)CC2)NC(=O)NC1c1ccc(Cl)cc1. The van der Waals surface area contributed by atoms with Gasteiger partial charge < -0.3 is 25.0 Å². The highest BCUT2D eigenvalue weighted by Gasteiger charge is 2.35. The van der Waals surface area contributed by atoms with E-state index in [1.54, 1.807) is 43.0 Å². The van der Waals surface area contributed by atoms with Gasteiger partial charge in [-0.1, -0.05) is 23.7 Å². The zero-order chi connectivity index (χ0) is 22.4. The summed E-state index contributed by atoms with van der Waals surface area (Å²) in [6.45, 7) is 6.60. The summed E-state index contributed by atoms with van der Waals surface area (Å²) in [5.41, 5.74) is 1.58. The summed E-state index contributed by atoms with van der Waals surface area (Å²) < 4.78 is 10.3. The minimum Gasteiger partial charge on any atom is -0.463 e. The summed E-state index contributed by atoms with van der Waals surface area (Å²) in [6, 6.07) is 5.92. The number of piperazine rings is 1. The fourth-order valence-corrected chi connectivity index (χ4v) is 3.75. The van der Waals surface area contributed by atoms with Crippen molar-refractivity contribution < 1.29 is 23.9 Å². The highest BCUT2D eigenvalue weighted by Crippen LogP contribution is 2.29. The van der Waals surface area contributed by atoms with E-state index in [9.17, 15) is 14.4 Å². The number of halogens is 1. The molecule has 2 aliphatic rings. The fourth-order valence-electron chi connectivity index (χ4n) is 3.62. The summed E-state index contributed by atoms with van der Waals surface area (Å²) in [4.78, 5) is 40.9. The molecule has 31 heavy (non-hydrogen) atoms. The van der Waals surface area contributed by atoms with Gasteiger partial charge in [0, 0.05) is 43.4 Å². The van der Waals surface area contributed by atoms with Gasteiger partial charge in [-0.15, -0.1) is 0 Å². The van der Waals surface area contributed by atoms with Gasteiger partial charge >= 0.3 is 18.1 Å². The Bertz CT molecular complexity index is 850. The monoisotopic (exact) mass is 450 g/mol. The molecule has 1 aromatic carbocycles. The van der Waals surface area contributed by atoms with Crippen LogP contribution in [0.25, 0.3) is 0 Å². The molecule has 9 nitrogen and oxygen atoms in total. The third-order valence-corrected chi connectivity index (χ3v) is 5.38. The highest BCUT2D eigenvalue weighted by molar-refractivity contribution is 6.30. The van der Waals surface area contributed by atoms with Crippen molar-refractivity contribution in [2.24, 2.45) is 0 Å². The van der Waals surface area contributed by atoms with E-state index in [1.165, 1.54) is 0 Å². The van der Waals surface area contributed by atoms with Gasteiger partial charge in [-0.3, -0.25) is 4.90 Å². The molecule has 10 heteroatoms. The predicted molar refractivity (Wildman–Crippen MR) is 115 cm³/mol. The van der Waals surface area contributed by atoms with Gasteiger partial charge in [-0.05, 0) is 31.5 Å². The maximum Gasteiger partial charge on any atom is 0.409 e. The van der Waals surface area contributed by atoms with Crippen molar-refractivity contribution in [3.8, 4) is 0 Å². The smallest absolute Gasteiger partial charge is 0.409 e. The van der Waals surface area contributed by atoms with E-state index in [2.05, 4.69) is 15.5 Å². The number of nitrogens with zero attached hydrogens (tertiary/aromatic N) is 2. The second-order valence-corrected chi connectivity index (χ2v) is 7.59. The van der Waals surface area contributed by atoms with E-state index < -0.39 is 18.0 Å². The Morgan fingerprint density at radius 3 is 2.32 bits per heavy atom. The number of nitrogens with one attached hydrogen (secondary N) is 2. The molecule has 2 aliphatic heterocycles. The first kappa shape index (κ1) is 22.9. The maximum atomic E-state index is 12.8. The number of urea groups is 1. The summed E-state index contributed by atoms with van der Waals surface area (Å²) in [5, 5.41) is 6.14. The molecule has 168 valence electrons. The average Bonchev–Trinajstić information content (AvgIpc) is 2.74. The van der Waals surface area contributed by atoms with Crippen LogP contribution in [0.3, 0.4) is 0 Å². The van der Waals surface area contributed by atoms with Crippen molar-refractivity contribution in [2.75, 3.05) is 45.9 Å². The lowest BCUT2D eigenvalue weighted by Crippen LogP contribution is -2.52. The molecule has 0 saturated carbocycles. The number of esters is 1. The molecule has 0 radical (unpaired) electrons. The molecule has 0 spiro atoms. The minimum absolute atomic E-state index is 0.217. The van der Waals surface area contributed by atoms with Crippen LogP contribution in [-0.2, 0) is 14.3 Å². The van der Waals surface area contributed by atoms with Crippen molar-refractivity contribution in [3.05, 3.63) is 46.1 Å². The van der Waals surface area contributed by atoms with Crippen LogP contribution in [0.15, 0.2) is 35.5 Å². The highest BCUT2D eigenvalue weighted by atomic mass is 35.5. The van der Waals surface area contributed by atoms with E-state index in [4.69, 9.17) is 21.1 Å². The first-order chi connectivity index (χ1) is 14.9. The molecule has 0 bridgehead atoms. The lowest BCUT2D eigenvalue weighted by atomic mass is 9.95. The van der Waals surface area contributed by atoms with E-state index in [0.29, 0.717) is 55.6 Å². The summed E-state index contributed by atoms with van der Waals surface area (Å²) in [5.74, 6) is -0.491. The molecule has 2 heterocycles. The number of ether oxygens (including phenoxy) is 2. The van der Waals surface area contributed by atoms with Gasteiger partial charge in [0.1, 0.15) is 0 Å². The molecule has 1 unspecified atom stereocenters. The number of hydrogen-bond donors (Lipinski definition) is 2. The second kappa shape index (κ2) is 10.5. The third-order valence-electron chi connectivity index (χ3n) is 5.13. The molecule has 0 aromatic heterocycles. The summed E-state index contributed by atoms with van der Waals surface area (Å²) in [6.07, 6.45) is -0.327. The normalized spacial score (nSPS) is 19.5. The largest absolute Gasteiger partial charge is 0.463 e. The molecule has 3 rings (SSSR count). The molecule has 2 N–H and O–H groups in total. The lowest BCUT2D eigenvalue weighted by Gasteiger charge is -2.36. The number of amides is 3. The van der Waals surface area contributed by atoms with Gasteiger partial charge in [0.15, 0.2) is 0 Å². The average molecular weight is 451 g/mol. The van der Waals surface area contributed by atoms with E-state index in [0.717, 1.165) is 5.56 Å². The molecule has 1 aromatic rings. The fraction of sp³-hybridized carbons (Fsp3) is 0.476. The predicted octanol–water partition coefficient (Wildman–Crippen LogP) is 2.29. The van der Waals surface area contributed by atoms with Gasteiger partial charge in [0.25, 0.3) is 0 Å². The number of benzene rings is 1. The van der Waals surface area contributed by atoms with Crippen molar-refractivity contribution in [1.29, 1.82) is 0 Å². The van der Waals surface area contributed by atoms with E-state index in [1.807, 2.05) is 0 Å². The van der Waals surface area contributed by atoms with Crippen LogP contribution in [0.1, 0.15) is 25.5 Å². The van der Waals surface area contributed by atoms with Crippen LogP contribution in [-0.4, -0.2) is 73.8 Å². The van der Waals surface area contributed by atoms with Crippen LogP contribution in [0.2, 0.25) is 5.02 Å². The number of carbonyl (C=O) groups is 3. The molecule has 1 atom stereocenters. The standard InChI is InChI=1S/C21H27ClN4O5/c1-3-30-19(27)17-16(13-25-9-11-26(12-10-25)21(29)31-4-2)23-20(28)24-18(17)14-5-7-15(22)8-6-14/h5-8,18H,3-4,9-13H2,1-2H3,(H2,23,24,28). The molecular weight excluding hydrogens is 424 g/mol. The first-order valence-corrected chi connectivity index (χ1v) is 10.7. The summed E-state index contributed by atoms with van der Waals surface area (Å²) in [7, 11) is 0.